The average Bonchev–Trinajstić information content (AvgIpc) is 2.74. The van der Waals surface area contributed by atoms with Gasteiger partial charge in [-0.3, -0.25) is 4.79 Å². The lowest BCUT2D eigenvalue weighted by Gasteiger charge is -2.20. The van der Waals surface area contributed by atoms with Crippen LogP contribution in [-0.4, -0.2) is 34.6 Å². The molecule has 0 unspecified atom stereocenters. The first-order valence-electron chi connectivity index (χ1n) is 10.4. The molecule has 0 bridgehead atoms. The summed E-state index contributed by atoms with van der Waals surface area (Å²) >= 11 is 9.75. The second kappa shape index (κ2) is 10.1. The molecule has 0 aliphatic rings. The van der Waals surface area contributed by atoms with E-state index in [1.807, 2.05) is 26.8 Å². The van der Waals surface area contributed by atoms with Crippen molar-refractivity contribution in [1.82, 2.24) is 9.66 Å². The van der Waals surface area contributed by atoms with Crippen molar-refractivity contribution in [1.29, 1.82) is 0 Å². The van der Waals surface area contributed by atoms with Crippen molar-refractivity contribution in [3.63, 3.8) is 0 Å². The Hall–Kier alpha value is -2.71. The van der Waals surface area contributed by atoms with Gasteiger partial charge in [0.15, 0.2) is 6.10 Å². The van der Waals surface area contributed by atoms with E-state index in [1.54, 1.807) is 44.2 Å². The van der Waals surface area contributed by atoms with Crippen LogP contribution in [0, 0.1) is 0 Å². The van der Waals surface area contributed by atoms with E-state index in [0.717, 1.165) is 4.47 Å². The minimum atomic E-state index is -0.794. The smallest absolute Gasteiger partial charge is 0.347 e. The summed E-state index contributed by atoms with van der Waals surface area (Å²) < 4.78 is 12.6. The van der Waals surface area contributed by atoms with Gasteiger partial charge >= 0.3 is 5.97 Å². The first kappa shape index (κ1) is 24.9. The molecule has 0 radical (unpaired) electrons. The zero-order valence-electron chi connectivity index (χ0n) is 19.1. The number of aromatic nitrogens is 2. The quantitative estimate of drug-likeness (QED) is 0.316. The fourth-order valence-corrected chi connectivity index (χ4v) is 3.65. The summed E-state index contributed by atoms with van der Waals surface area (Å²) in [5, 5.41) is 5.20. The van der Waals surface area contributed by atoms with Gasteiger partial charge in [0.25, 0.3) is 5.56 Å². The molecule has 2 aromatic carbocycles. The fourth-order valence-electron chi connectivity index (χ4n) is 3.06. The van der Waals surface area contributed by atoms with Crippen molar-refractivity contribution < 1.29 is 14.3 Å². The maximum atomic E-state index is 13.2. The van der Waals surface area contributed by atoms with Crippen LogP contribution < -0.4 is 10.3 Å². The Morgan fingerprint density at radius 2 is 2.00 bits per heavy atom. The summed E-state index contributed by atoms with van der Waals surface area (Å²) in [4.78, 5) is 29.7. The molecule has 0 saturated carbocycles. The summed E-state index contributed by atoms with van der Waals surface area (Å²) in [7, 11) is 0. The molecule has 0 N–H and O–H groups in total. The van der Waals surface area contributed by atoms with Crippen molar-refractivity contribution in [2.45, 2.75) is 46.1 Å². The molecule has 9 heteroatoms. The average molecular weight is 535 g/mol. The first-order valence-corrected chi connectivity index (χ1v) is 11.6. The van der Waals surface area contributed by atoms with Gasteiger partial charge in [0.05, 0.1) is 28.7 Å². The number of rotatable bonds is 6. The Bertz CT molecular complexity index is 1280. The standard InChI is InChI=1S/C24H25BrClN3O4/c1-6-32-22(31)14(2)33-20-10-7-15(11-18(20)26)13-27-29-21(30)17-12-16(25)8-9-19(17)28-23(29)24(3,4)5/h7-14H,6H2,1-5H3/t14-/m1/s1. The van der Waals surface area contributed by atoms with Crippen LogP contribution in [0.1, 0.15) is 46.0 Å². The highest BCUT2D eigenvalue weighted by molar-refractivity contribution is 9.10. The number of fused-ring (bicyclic) bond motifs is 1. The monoisotopic (exact) mass is 533 g/mol. The van der Waals surface area contributed by atoms with E-state index >= 15 is 0 Å². The van der Waals surface area contributed by atoms with Crippen molar-refractivity contribution in [3.05, 3.63) is 67.6 Å². The van der Waals surface area contributed by atoms with Crippen molar-refractivity contribution in [2.24, 2.45) is 5.10 Å². The Morgan fingerprint density at radius 1 is 1.27 bits per heavy atom. The highest BCUT2D eigenvalue weighted by Crippen LogP contribution is 2.27. The predicted octanol–water partition coefficient (Wildman–Crippen LogP) is 5.32. The SMILES string of the molecule is CCOC(=O)[C@@H](C)Oc1ccc(C=Nn2c(C(C)(C)C)nc3ccc(Br)cc3c2=O)cc1Cl. The molecule has 3 aromatic rings. The number of hydrogen-bond donors (Lipinski definition) is 0. The van der Waals surface area contributed by atoms with Crippen molar-refractivity contribution in [2.75, 3.05) is 6.61 Å². The lowest BCUT2D eigenvalue weighted by Crippen LogP contribution is -2.29. The summed E-state index contributed by atoms with van der Waals surface area (Å²) in [6.07, 6.45) is 0.741. The van der Waals surface area contributed by atoms with Gasteiger partial charge in [-0.1, -0.05) is 48.3 Å². The number of carbonyl (C=O) groups is 1. The van der Waals surface area contributed by atoms with Crippen molar-refractivity contribution >= 4 is 50.6 Å². The van der Waals surface area contributed by atoms with E-state index in [4.69, 9.17) is 26.1 Å². The van der Waals surface area contributed by atoms with Gasteiger partial charge in [0, 0.05) is 9.89 Å². The summed E-state index contributed by atoms with van der Waals surface area (Å²) in [5.41, 5.74) is 0.574. The number of hydrogen-bond acceptors (Lipinski definition) is 6. The third-order valence-corrected chi connectivity index (χ3v) is 5.47. The molecular formula is C24H25BrClN3O4. The van der Waals surface area contributed by atoms with E-state index in [0.29, 0.717) is 33.1 Å². The Balaban J connectivity index is 1.97. The number of halogens is 2. The van der Waals surface area contributed by atoms with Crippen LogP contribution in [0.15, 0.2) is 50.8 Å². The van der Waals surface area contributed by atoms with E-state index < -0.39 is 17.5 Å². The Kier molecular flexibility index (Phi) is 7.59. The molecule has 1 atom stereocenters. The topological polar surface area (TPSA) is 82.8 Å². The number of nitrogens with zero attached hydrogens (tertiary/aromatic N) is 3. The predicted molar refractivity (Wildman–Crippen MR) is 134 cm³/mol. The summed E-state index contributed by atoms with van der Waals surface area (Å²) in [5.74, 6) is 0.413. The second-order valence-corrected chi connectivity index (χ2v) is 9.73. The van der Waals surface area contributed by atoms with Gasteiger partial charge in [-0.2, -0.15) is 9.78 Å². The van der Waals surface area contributed by atoms with Crippen molar-refractivity contribution in [3.8, 4) is 5.75 Å². The molecule has 0 spiro atoms. The van der Waals surface area contributed by atoms with Crippen LogP contribution in [-0.2, 0) is 14.9 Å². The summed E-state index contributed by atoms with van der Waals surface area (Å²) in [6, 6.07) is 10.4. The molecule has 0 fully saturated rings. The van der Waals surface area contributed by atoms with E-state index in [2.05, 4.69) is 21.0 Å². The van der Waals surface area contributed by atoms with E-state index in [9.17, 15) is 9.59 Å². The van der Waals surface area contributed by atoms with Gasteiger partial charge in [-0.15, -0.1) is 0 Å². The molecule has 1 aromatic heterocycles. The van der Waals surface area contributed by atoms with Crippen LogP contribution in [0.3, 0.4) is 0 Å². The molecular weight excluding hydrogens is 510 g/mol. The lowest BCUT2D eigenvalue weighted by atomic mass is 9.95. The van der Waals surface area contributed by atoms with Gasteiger partial charge in [0.2, 0.25) is 0 Å². The minimum Gasteiger partial charge on any atom is -0.477 e. The number of esters is 1. The number of carbonyl (C=O) groups excluding carboxylic acids is 1. The van der Waals surface area contributed by atoms with Crippen LogP contribution >= 0.6 is 27.5 Å². The van der Waals surface area contributed by atoms with E-state index in [1.165, 1.54) is 10.9 Å². The highest BCUT2D eigenvalue weighted by atomic mass is 79.9. The molecule has 0 aliphatic heterocycles. The number of ether oxygens (including phenoxy) is 2. The van der Waals surface area contributed by atoms with Gasteiger partial charge in [-0.25, -0.2) is 9.78 Å². The molecule has 174 valence electrons. The zero-order chi connectivity index (χ0) is 24.3. The Morgan fingerprint density at radius 3 is 2.64 bits per heavy atom. The third-order valence-electron chi connectivity index (χ3n) is 4.68. The Labute approximate surface area is 205 Å². The fraction of sp³-hybridized carbons (Fsp3) is 0.333. The molecule has 7 nitrogen and oxygen atoms in total. The van der Waals surface area contributed by atoms with Crippen LogP contribution in [0.5, 0.6) is 5.75 Å². The third kappa shape index (κ3) is 5.81. The molecule has 3 rings (SSSR count). The maximum absolute atomic E-state index is 13.2. The van der Waals surface area contributed by atoms with E-state index in [-0.39, 0.29) is 12.2 Å². The lowest BCUT2D eigenvalue weighted by molar-refractivity contribution is -0.150. The minimum absolute atomic E-state index is 0.267. The van der Waals surface area contributed by atoms with Crippen LogP contribution in [0.4, 0.5) is 0 Å². The highest BCUT2D eigenvalue weighted by Gasteiger charge is 2.23. The van der Waals surface area contributed by atoms with Gasteiger partial charge < -0.3 is 9.47 Å². The van der Waals surface area contributed by atoms with Gasteiger partial charge in [0.1, 0.15) is 11.6 Å². The largest absolute Gasteiger partial charge is 0.477 e. The van der Waals surface area contributed by atoms with Crippen LogP contribution in [0.2, 0.25) is 5.02 Å². The molecule has 1 heterocycles. The molecule has 0 amide bonds. The maximum Gasteiger partial charge on any atom is 0.347 e. The normalized spacial score (nSPS) is 12.8. The molecule has 33 heavy (non-hydrogen) atoms. The zero-order valence-corrected chi connectivity index (χ0v) is 21.4. The second-order valence-electron chi connectivity index (χ2n) is 8.41. The first-order chi connectivity index (χ1) is 15.5. The number of benzene rings is 2. The molecule has 0 saturated heterocycles. The molecule has 0 aliphatic carbocycles. The van der Waals surface area contributed by atoms with Crippen LogP contribution in [0.25, 0.3) is 10.9 Å². The van der Waals surface area contributed by atoms with Gasteiger partial charge in [-0.05, 0) is 55.8 Å². The summed E-state index contributed by atoms with van der Waals surface area (Å²) in [6.45, 7) is 9.50.